The fraction of sp³-hybridized carbons (Fsp3) is 0.958. The lowest BCUT2D eigenvalue weighted by atomic mass is 9.43. The molecule has 0 aromatic rings. The standard InChI is InChI=1S/2C24H40O4/c1-14(4-9-22(27)28)18-7-8-19-17-6-5-15-12-16(25)10-11-23(15,2)20(17)13-21(26)24(18,19)3;1-14(4-7-21(27)28)17-5-6-18-22-19(9-11-24(17,18)3)23(2)10-8-16(25)12-15(23)13-20(22)26/h14-21,25-26H,4-13H2,1-3H3,(H,27,28);14-20,22,25-26H,4-13H2,1-3H3,(H,27,28)/t14-,15-,16-,17+,18-,19+,20+,21+,23+,24-;14-,15+,16-,17-,18+,19+,20-,22+,23+,24-/m11/s1. The van der Waals surface area contributed by atoms with Crippen molar-refractivity contribution < 1.29 is 40.2 Å². The van der Waals surface area contributed by atoms with E-state index in [1.165, 1.54) is 44.9 Å². The second-order valence-corrected chi connectivity index (χ2v) is 22.7. The third-order valence-corrected chi connectivity index (χ3v) is 20.5. The molecule has 0 amide bonds. The van der Waals surface area contributed by atoms with E-state index in [4.69, 9.17) is 10.2 Å². The van der Waals surface area contributed by atoms with Crippen molar-refractivity contribution in [3.05, 3.63) is 0 Å². The summed E-state index contributed by atoms with van der Waals surface area (Å²) in [4.78, 5) is 22.1. The molecule has 0 bridgehead atoms. The molecule has 8 aliphatic carbocycles. The molecule has 8 saturated carbocycles. The average molecular weight is 785 g/mol. The Morgan fingerprint density at radius 3 is 1.70 bits per heavy atom. The number of aliphatic carboxylic acids is 2. The Balaban J connectivity index is 0.000000172. The number of carboxylic acids is 2. The van der Waals surface area contributed by atoms with Crippen LogP contribution in [0.15, 0.2) is 0 Å². The topological polar surface area (TPSA) is 156 Å². The highest BCUT2D eigenvalue weighted by atomic mass is 16.4. The molecule has 56 heavy (non-hydrogen) atoms. The van der Waals surface area contributed by atoms with Gasteiger partial charge in [-0.25, -0.2) is 0 Å². The number of aliphatic hydroxyl groups excluding tert-OH is 4. The molecule has 20 atom stereocenters. The number of hydrogen-bond donors (Lipinski definition) is 6. The zero-order valence-electron chi connectivity index (χ0n) is 35.9. The van der Waals surface area contributed by atoms with Gasteiger partial charge in [-0.15, -0.1) is 0 Å². The monoisotopic (exact) mass is 785 g/mol. The van der Waals surface area contributed by atoms with Gasteiger partial charge in [0.05, 0.1) is 24.4 Å². The molecule has 8 nitrogen and oxygen atoms in total. The van der Waals surface area contributed by atoms with E-state index in [-0.39, 0.29) is 58.9 Å². The van der Waals surface area contributed by atoms with Crippen LogP contribution >= 0.6 is 0 Å². The predicted molar refractivity (Wildman–Crippen MR) is 217 cm³/mol. The number of carbonyl (C=O) groups is 2. The maximum absolute atomic E-state index is 11.5. The molecule has 8 rings (SSSR count). The Kier molecular flexibility index (Phi) is 12.3. The van der Waals surface area contributed by atoms with Gasteiger partial charge in [0.15, 0.2) is 0 Å². The van der Waals surface area contributed by atoms with Crippen LogP contribution in [0.2, 0.25) is 0 Å². The molecule has 0 radical (unpaired) electrons. The minimum absolute atomic E-state index is 0.0591. The van der Waals surface area contributed by atoms with Gasteiger partial charge in [0.25, 0.3) is 0 Å². The quantitative estimate of drug-likeness (QED) is 0.143. The maximum Gasteiger partial charge on any atom is 0.303 e. The van der Waals surface area contributed by atoms with Crippen molar-refractivity contribution in [3.8, 4) is 0 Å². The van der Waals surface area contributed by atoms with Crippen LogP contribution in [0, 0.1) is 92.7 Å². The van der Waals surface area contributed by atoms with E-state index in [0.717, 1.165) is 70.6 Å². The molecule has 0 spiro atoms. The minimum Gasteiger partial charge on any atom is -0.481 e. The lowest BCUT2D eigenvalue weighted by Gasteiger charge is -2.62. The van der Waals surface area contributed by atoms with Gasteiger partial charge in [0.2, 0.25) is 0 Å². The van der Waals surface area contributed by atoms with E-state index in [9.17, 15) is 30.0 Å². The first-order valence-electron chi connectivity index (χ1n) is 23.5. The second kappa shape index (κ2) is 16.0. The summed E-state index contributed by atoms with van der Waals surface area (Å²) in [5, 5.41) is 61.3. The van der Waals surface area contributed by atoms with Gasteiger partial charge in [-0.05, 0) is 208 Å². The molecule has 320 valence electrons. The molecule has 0 heterocycles. The van der Waals surface area contributed by atoms with Gasteiger partial charge in [0, 0.05) is 12.8 Å². The lowest BCUT2D eigenvalue weighted by molar-refractivity contribution is -0.175. The first kappa shape index (κ1) is 42.9. The molecule has 8 heteroatoms. The van der Waals surface area contributed by atoms with Crippen molar-refractivity contribution in [2.45, 2.75) is 194 Å². The van der Waals surface area contributed by atoms with Crippen LogP contribution < -0.4 is 0 Å². The molecule has 0 aromatic carbocycles. The predicted octanol–water partition coefficient (Wildman–Crippen LogP) is 8.96. The highest BCUT2D eigenvalue weighted by molar-refractivity contribution is 5.66. The molecular weight excluding hydrogens is 705 g/mol. The first-order chi connectivity index (χ1) is 26.3. The van der Waals surface area contributed by atoms with Crippen molar-refractivity contribution >= 4 is 11.9 Å². The molecule has 0 saturated heterocycles. The van der Waals surface area contributed by atoms with Crippen LogP contribution in [0.1, 0.15) is 170 Å². The smallest absolute Gasteiger partial charge is 0.303 e. The number of rotatable bonds is 8. The Labute approximate surface area is 338 Å². The molecule has 6 N–H and O–H groups in total. The van der Waals surface area contributed by atoms with Gasteiger partial charge in [-0.1, -0.05) is 41.5 Å². The zero-order valence-corrected chi connectivity index (χ0v) is 35.9. The Morgan fingerprint density at radius 2 is 1.07 bits per heavy atom. The number of carboxylic acid groups (broad SMARTS) is 2. The third-order valence-electron chi connectivity index (χ3n) is 20.5. The van der Waals surface area contributed by atoms with Gasteiger partial charge >= 0.3 is 11.9 Å². The van der Waals surface area contributed by atoms with Crippen LogP contribution in [0.25, 0.3) is 0 Å². The van der Waals surface area contributed by atoms with Crippen molar-refractivity contribution in [1.82, 2.24) is 0 Å². The van der Waals surface area contributed by atoms with Crippen molar-refractivity contribution in [3.63, 3.8) is 0 Å². The highest BCUT2D eigenvalue weighted by Crippen LogP contribution is 2.70. The van der Waals surface area contributed by atoms with E-state index < -0.39 is 11.9 Å². The zero-order chi connectivity index (χ0) is 40.5. The summed E-state index contributed by atoms with van der Waals surface area (Å²) in [6, 6.07) is 0. The highest BCUT2D eigenvalue weighted by Gasteiger charge is 2.65. The maximum atomic E-state index is 11.5. The Bertz CT molecular complexity index is 1410. The normalized spacial score (nSPS) is 51.7. The summed E-state index contributed by atoms with van der Waals surface area (Å²) in [7, 11) is 0. The van der Waals surface area contributed by atoms with Crippen LogP contribution in [0.5, 0.6) is 0 Å². The van der Waals surface area contributed by atoms with Gasteiger partial charge in [0.1, 0.15) is 0 Å². The number of fused-ring (bicyclic) bond motifs is 10. The van der Waals surface area contributed by atoms with Gasteiger partial charge in [-0.3, -0.25) is 9.59 Å². The number of aliphatic hydroxyl groups is 4. The largest absolute Gasteiger partial charge is 0.481 e. The van der Waals surface area contributed by atoms with Crippen molar-refractivity contribution in [2.75, 3.05) is 0 Å². The van der Waals surface area contributed by atoms with Crippen LogP contribution in [0.3, 0.4) is 0 Å². The minimum atomic E-state index is -0.707. The van der Waals surface area contributed by atoms with Gasteiger partial charge in [-0.2, -0.15) is 0 Å². The summed E-state index contributed by atoms with van der Waals surface area (Å²) < 4.78 is 0. The van der Waals surface area contributed by atoms with E-state index in [0.29, 0.717) is 71.0 Å². The molecule has 8 aliphatic rings. The SMILES string of the molecule is C[C@H](CCC(=O)O)[C@H]1CC[C@H]2[C@@H]3CC[C@@H]4C[C@H](O)CC[C@]4(C)[C@H]3C[C@H](O)[C@]12C.C[C@H](CCC(=O)O)[C@H]1CC[C@H]2[C@@H]3[C@H](O)C[C@@H]4C[C@H](O)CC[C@]4(C)[C@H]3CC[C@]12C. The van der Waals surface area contributed by atoms with E-state index in [2.05, 4.69) is 41.5 Å². The van der Waals surface area contributed by atoms with Crippen LogP contribution in [0.4, 0.5) is 0 Å². The fourth-order valence-corrected chi connectivity index (χ4v) is 17.4. The van der Waals surface area contributed by atoms with Crippen LogP contribution in [-0.4, -0.2) is 67.0 Å². The number of hydrogen-bond acceptors (Lipinski definition) is 6. The third kappa shape index (κ3) is 7.24. The molecule has 0 unspecified atom stereocenters. The lowest BCUT2D eigenvalue weighted by Crippen LogP contribution is -2.58. The summed E-state index contributed by atoms with van der Waals surface area (Å²) in [5.41, 5.74) is 0.739. The second-order valence-electron chi connectivity index (χ2n) is 22.7. The summed E-state index contributed by atoms with van der Waals surface area (Å²) in [5.74, 6) is 4.91. The molecule has 0 aromatic heterocycles. The summed E-state index contributed by atoms with van der Waals surface area (Å²) in [6.07, 6.45) is 18.5. The van der Waals surface area contributed by atoms with Crippen molar-refractivity contribution in [2.24, 2.45) is 92.7 Å². The van der Waals surface area contributed by atoms with E-state index >= 15 is 0 Å². The summed E-state index contributed by atoms with van der Waals surface area (Å²) in [6.45, 7) is 14.2. The first-order valence-corrected chi connectivity index (χ1v) is 23.5. The Hall–Kier alpha value is -1.22. The molecular formula is C48H80O8. The fourth-order valence-electron chi connectivity index (χ4n) is 17.4. The van der Waals surface area contributed by atoms with Gasteiger partial charge < -0.3 is 30.6 Å². The Morgan fingerprint density at radius 1 is 0.554 bits per heavy atom. The molecule has 8 fully saturated rings. The van der Waals surface area contributed by atoms with Crippen LogP contribution in [-0.2, 0) is 9.59 Å². The van der Waals surface area contributed by atoms with E-state index in [1.54, 1.807) is 0 Å². The average Bonchev–Trinajstić information content (AvgIpc) is 3.69. The van der Waals surface area contributed by atoms with Crippen molar-refractivity contribution in [1.29, 1.82) is 0 Å². The molecule has 0 aliphatic heterocycles. The summed E-state index contributed by atoms with van der Waals surface area (Å²) >= 11 is 0. The van der Waals surface area contributed by atoms with E-state index in [1.807, 2.05) is 0 Å².